The molecule has 0 spiro atoms. The third kappa shape index (κ3) is 4.80. The average Bonchev–Trinajstić information content (AvgIpc) is 2.18. The second-order valence-corrected chi connectivity index (χ2v) is 3.63. The van der Waals surface area contributed by atoms with Crippen LogP contribution in [0.3, 0.4) is 0 Å². The molecule has 0 aliphatic heterocycles. The molecule has 0 fully saturated rings. The van der Waals surface area contributed by atoms with Crippen molar-refractivity contribution < 1.29 is 0 Å². The van der Waals surface area contributed by atoms with Gasteiger partial charge >= 0.3 is 0 Å². The topological polar surface area (TPSA) is 64.9 Å². The lowest BCUT2D eigenvalue weighted by Crippen LogP contribution is -2.12. The highest BCUT2D eigenvalue weighted by Crippen LogP contribution is 2.22. The molecule has 1 rings (SSSR count). The Morgan fingerprint density at radius 1 is 1.40 bits per heavy atom. The second kappa shape index (κ2) is 7.88. The highest BCUT2D eigenvalue weighted by Gasteiger charge is 2.09. The highest BCUT2D eigenvalue weighted by atomic mass is 35.5. The van der Waals surface area contributed by atoms with Gasteiger partial charge in [-0.15, -0.1) is 12.4 Å². The zero-order valence-corrected chi connectivity index (χ0v) is 10.1. The summed E-state index contributed by atoms with van der Waals surface area (Å²) < 4.78 is 0. The lowest BCUT2D eigenvalue weighted by molar-refractivity contribution is 0.590. The van der Waals surface area contributed by atoms with E-state index in [2.05, 4.69) is 4.98 Å². The predicted molar refractivity (Wildman–Crippen MR) is 66.3 cm³/mol. The first-order valence-electron chi connectivity index (χ1n) is 4.81. The maximum absolute atomic E-state index is 5.97. The molecule has 1 aromatic rings. The Labute approximate surface area is 102 Å². The van der Waals surface area contributed by atoms with Gasteiger partial charge in [0.1, 0.15) is 5.15 Å². The maximum atomic E-state index is 5.97. The number of rotatable bonds is 5. The summed E-state index contributed by atoms with van der Waals surface area (Å²) in [5, 5.41) is 0.507. The first-order chi connectivity index (χ1) is 6.75. The minimum absolute atomic E-state index is 0. The number of unbranched alkanes of at least 4 members (excludes halogenated alkanes) is 1. The molecule has 3 nitrogen and oxygen atoms in total. The van der Waals surface area contributed by atoms with E-state index in [0.29, 0.717) is 11.7 Å². The zero-order valence-electron chi connectivity index (χ0n) is 8.53. The molecule has 0 saturated heterocycles. The van der Waals surface area contributed by atoms with Crippen LogP contribution in [0.15, 0.2) is 18.3 Å². The van der Waals surface area contributed by atoms with Crippen LogP contribution in [0.25, 0.3) is 0 Å². The highest BCUT2D eigenvalue weighted by molar-refractivity contribution is 6.30. The molecule has 4 N–H and O–H groups in total. The fourth-order valence-electron chi connectivity index (χ4n) is 1.34. The van der Waals surface area contributed by atoms with E-state index in [4.69, 9.17) is 23.1 Å². The number of nitrogens with zero attached hydrogens (tertiary/aromatic N) is 1. The van der Waals surface area contributed by atoms with Crippen LogP contribution in [-0.4, -0.2) is 11.5 Å². The standard InChI is InChI=1S/C10H16ClN3.ClH/c11-10-8(4-3-7-14-10)9(13)5-1-2-6-12;/h3-4,7,9H,1-2,5-6,12-13H2;1H/t9-;/m0./s1. The molecule has 0 radical (unpaired) electrons. The van der Waals surface area contributed by atoms with Crippen molar-refractivity contribution in [3.05, 3.63) is 29.0 Å². The summed E-state index contributed by atoms with van der Waals surface area (Å²) in [7, 11) is 0. The van der Waals surface area contributed by atoms with Gasteiger partial charge < -0.3 is 11.5 Å². The summed E-state index contributed by atoms with van der Waals surface area (Å²) in [6.07, 6.45) is 4.61. The normalized spacial score (nSPS) is 11.9. The van der Waals surface area contributed by atoms with E-state index < -0.39 is 0 Å². The summed E-state index contributed by atoms with van der Waals surface area (Å²) in [6, 6.07) is 3.75. The SMILES string of the molecule is Cl.NCCCC[C@H](N)c1cccnc1Cl. The van der Waals surface area contributed by atoms with Crippen LogP contribution >= 0.6 is 24.0 Å². The van der Waals surface area contributed by atoms with E-state index in [1.807, 2.05) is 12.1 Å². The Bertz CT molecular complexity index is 281. The first kappa shape index (κ1) is 14.6. The molecule has 0 unspecified atom stereocenters. The lowest BCUT2D eigenvalue weighted by atomic mass is 10.0. The van der Waals surface area contributed by atoms with Crippen molar-refractivity contribution in [2.75, 3.05) is 6.54 Å². The largest absolute Gasteiger partial charge is 0.330 e. The summed E-state index contributed by atoms with van der Waals surface area (Å²) in [5.41, 5.74) is 12.3. The van der Waals surface area contributed by atoms with Crippen molar-refractivity contribution in [1.29, 1.82) is 0 Å². The first-order valence-corrected chi connectivity index (χ1v) is 5.19. The number of hydrogen-bond donors (Lipinski definition) is 2. The maximum Gasteiger partial charge on any atom is 0.133 e. The van der Waals surface area contributed by atoms with Gasteiger partial charge in [-0.1, -0.05) is 24.1 Å². The van der Waals surface area contributed by atoms with E-state index in [0.717, 1.165) is 24.8 Å². The van der Waals surface area contributed by atoms with Gasteiger partial charge in [0.25, 0.3) is 0 Å². The van der Waals surface area contributed by atoms with Crippen molar-refractivity contribution in [2.24, 2.45) is 11.5 Å². The smallest absolute Gasteiger partial charge is 0.133 e. The van der Waals surface area contributed by atoms with Gasteiger partial charge in [0.2, 0.25) is 0 Å². The van der Waals surface area contributed by atoms with E-state index >= 15 is 0 Å². The third-order valence-electron chi connectivity index (χ3n) is 2.16. The van der Waals surface area contributed by atoms with E-state index in [1.54, 1.807) is 6.20 Å². The monoisotopic (exact) mass is 249 g/mol. The molecule has 1 heterocycles. The molecule has 5 heteroatoms. The van der Waals surface area contributed by atoms with Gasteiger partial charge in [-0.25, -0.2) is 4.98 Å². The predicted octanol–water partition coefficient (Wildman–Crippen LogP) is 2.29. The third-order valence-corrected chi connectivity index (χ3v) is 2.47. The van der Waals surface area contributed by atoms with Crippen LogP contribution in [0.4, 0.5) is 0 Å². The fourth-order valence-corrected chi connectivity index (χ4v) is 1.60. The summed E-state index contributed by atoms with van der Waals surface area (Å²) >= 11 is 5.92. The van der Waals surface area contributed by atoms with Crippen LogP contribution in [0.1, 0.15) is 30.9 Å². The Balaban J connectivity index is 0.00000196. The van der Waals surface area contributed by atoms with E-state index in [-0.39, 0.29) is 18.4 Å². The number of halogens is 2. The van der Waals surface area contributed by atoms with Crippen LogP contribution in [0.2, 0.25) is 5.15 Å². The van der Waals surface area contributed by atoms with Crippen LogP contribution in [-0.2, 0) is 0 Å². The van der Waals surface area contributed by atoms with Crippen molar-refractivity contribution in [3.63, 3.8) is 0 Å². The Morgan fingerprint density at radius 3 is 2.73 bits per heavy atom. The summed E-state index contributed by atoms with van der Waals surface area (Å²) in [4.78, 5) is 3.99. The molecule has 0 bridgehead atoms. The average molecular weight is 250 g/mol. The van der Waals surface area contributed by atoms with Crippen LogP contribution in [0, 0.1) is 0 Å². The molecule has 86 valence electrons. The van der Waals surface area contributed by atoms with Crippen LogP contribution in [0.5, 0.6) is 0 Å². The minimum Gasteiger partial charge on any atom is -0.330 e. The van der Waals surface area contributed by atoms with Crippen molar-refractivity contribution in [2.45, 2.75) is 25.3 Å². The molecule has 0 saturated carbocycles. The molecule has 1 aromatic heterocycles. The molecule has 0 aromatic carbocycles. The molecule has 1 atom stereocenters. The van der Waals surface area contributed by atoms with Gasteiger partial charge in [0, 0.05) is 17.8 Å². The molecule has 0 aliphatic carbocycles. The molecule has 0 amide bonds. The Kier molecular flexibility index (Phi) is 7.70. The molecular weight excluding hydrogens is 233 g/mol. The van der Waals surface area contributed by atoms with Gasteiger partial charge in [0.15, 0.2) is 0 Å². The van der Waals surface area contributed by atoms with E-state index in [1.165, 1.54) is 0 Å². The number of pyridine rings is 1. The second-order valence-electron chi connectivity index (χ2n) is 3.27. The van der Waals surface area contributed by atoms with Gasteiger partial charge in [-0.05, 0) is 25.5 Å². The zero-order chi connectivity index (χ0) is 10.4. The van der Waals surface area contributed by atoms with Gasteiger partial charge in [-0.2, -0.15) is 0 Å². The number of hydrogen-bond acceptors (Lipinski definition) is 3. The van der Waals surface area contributed by atoms with Crippen molar-refractivity contribution in [1.82, 2.24) is 4.98 Å². The summed E-state index contributed by atoms with van der Waals surface area (Å²) in [5.74, 6) is 0. The number of nitrogens with two attached hydrogens (primary N) is 2. The van der Waals surface area contributed by atoms with Crippen LogP contribution < -0.4 is 11.5 Å². The molecular formula is C10H17Cl2N3. The van der Waals surface area contributed by atoms with Crippen molar-refractivity contribution in [3.8, 4) is 0 Å². The van der Waals surface area contributed by atoms with Gasteiger partial charge in [-0.3, -0.25) is 0 Å². The quantitative estimate of drug-likeness (QED) is 0.622. The molecule has 0 aliphatic rings. The Hall–Kier alpha value is -0.350. The van der Waals surface area contributed by atoms with E-state index in [9.17, 15) is 0 Å². The minimum atomic E-state index is -0.0252. The lowest BCUT2D eigenvalue weighted by Gasteiger charge is -2.12. The summed E-state index contributed by atoms with van der Waals surface area (Å²) in [6.45, 7) is 0.716. The van der Waals surface area contributed by atoms with Gasteiger partial charge in [0.05, 0.1) is 0 Å². The number of aromatic nitrogens is 1. The van der Waals surface area contributed by atoms with Crippen molar-refractivity contribution >= 4 is 24.0 Å². The fraction of sp³-hybridized carbons (Fsp3) is 0.500. The Morgan fingerprint density at radius 2 is 2.13 bits per heavy atom. The molecule has 15 heavy (non-hydrogen) atoms.